The van der Waals surface area contributed by atoms with E-state index in [1.807, 2.05) is 13.0 Å². The van der Waals surface area contributed by atoms with Gasteiger partial charge >= 0.3 is 0 Å². The first-order chi connectivity index (χ1) is 9.58. The third kappa shape index (κ3) is 4.03. The van der Waals surface area contributed by atoms with Crippen LogP contribution >= 0.6 is 0 Å². The quantitative estimate of drug-likeness (QED) is 0.889. The van der Waals surface area contributed by atoms with Gasteiger partial charge in [-0.3, -0.25) is 4.90 Å². The van der Waals surface area contributed by atoms with Crippen LogP contribution in [0.1, 0.15) is 50.6 Å². The molecular weight excluding hydrogens is 251 g/mol. The monoisotopic (exact) mass is 278 g/mol. The summed E-state index contributed by atoms with van der Waals surface area (Å²) in [4.78, 5) is 2.31. The first-order valence-electron chi connectivity index (χ1n) is 7.79. The maximum atomic E-state index is 13.5. The normalized spacial score (nSPS) is 20.1. The zero-order valence-electron chi connectivity index (χ0n) is 12.7. The summed E-state index contributed by atoms with van der Waals surface area (Å²) in [6, 6.07) is 6.94. The van der Waals surface area contributed by atoms with Crippen molar-refractivity contribution < 1.29 is 4.39 Å². The Kier molecular flexibility index (Phi) is 5.55. The molecule has 2 nitrogen and oxygen atoms in total. The van der Waals surface area contributed by atoms with Gasteiger partial charge in [0.2, 0.25) is 0 Å². The Balaban J connectivity index is 2.07. The summed E-state index contributed by atoms with van der Waals surface area (Å²) >= 11 is 0. The van der Waals surface area contributed by atoms with Crippen molar-refractivity contribution in [1.82, 2.24) is 4.90 Å². The highest BCUT2D eigenvalue weighted by Gasteiger charge is 2.24. The number of nitrogens with two attached hydrogens (primary N) is 1. The van der Waals surface area contributed by atoms with Gasteiger partial charge in [-0.2, -0.15) is 0 Å². The molecule has 3 heteroatoms. The molecule has 0 spiro atoms. The van der Waals surface area contributed by atoms with Crippen LogP contribution in [0.25, 0.3) is 0 Å². The predicted molar refractivity (Wildman–Crippen MR) is 82.0 cm³/mol. The topological polar surface area (TPSA) is 29.3 Å². The highest BCUT2D eigenvalue weighted by molar-refractivity contribution is 5.21. The summed E-state index contributed by atoms with van der Waals surface area (Å²) in [6.07, 6.45) is 6.71. The first-order valence-corrected chi connectivity index (χ1v) is 7.79. The number of nitrogens with zero attached hydrogens (tertiary/aromatic N) is 1. The van der Waals surface area contributed by atoms with E-state index in [1.54, 1.807) is 12.1 Å². The number of benzene rings is 1. The Morgan fingerprint density at radius 2 is 2.00 bits per heavy atom. The lowest BCUT2D eigenvalue weighted by atomic mass is 9.88. The lowest BCUT2D eigenvalue weighted by molar-refractivity contribution is 0.166. The Bertz CT molecular complexity index is 413. The van der Waals surface area contributed by atoms with Crippen molar-refractivity contribution in [1.29, 1.82) is 0 Å². The van der Waals surface area contributed by atoms with Crippen LogP contribution in [0.4, 0.5) is 4.39 Å². The minimum Gasteiger partial charge on any atom is -0.326 e. The van der Waals surface area contributed by atoms with Crippen molar-refractivity contribution in [2.75, 3.05) is 13.6 Å². The molecule has 1 fully saturated rings. The number of hydrogen-bond donors (Lipinski definition) is 1. The van der Waals surface area contributed by atoms with E-state index in [2.05, 4.69) is 11.9 Å². The molecule has 20 heavy (non-hydrogen) atoms. The molecule has 0 radical (unpaired) electrons. The molecule has 1 aromatic carbocycles. The van der Waals surface area contributed by atoms with E-state index in [0.717, 1.165) is 18.0 Å². The number of hydrogen-bond acceptors (Lipinski definition) is 2. The van der Waals surface area contributed by atoms with Gasteiger partial charge in [-0.15, -0.1) is 0 Å². The van der Waals surface area contributed by atoms with Crippen LogP contribution in [0.2, 0.25) is 0 Å². The van der Waals surface area contributed by atoms with E-state index >= 15 is 0 Å². The van der Waals surface area contributed by atoms with Crippen molar-refractivity contribution >= 4 is 0 Å². The maximum absolute atomic E-state index is 13.5. The molecule has 1 saturated carbocycles. The van der Waals surface area contributed by atoms with Crippen molar-refractivity contribution in [3.63, 3.8) is 0 Å². The van der Waals surface area contributed by atoms with Crippen molar-refractivity contribution in [2.45, 2.75) is 51.1 Å². The van der Waals surface area contributed by atoms with Gasteiger partial charge in [-0.1, -0.05) is 31.4 Å². The molecule has 112 valence electrons. The minimum atomic E-state index is -0.181. The second kappa shape index (κ2) is 7.19. The van der Waals surface area contributed by atoms with Gasteiger partial charge in [0.1, 0.15) is 5.82 Å². The molecular formula is C17H27FN2. The third-order valence-electron chi connectivity index (χ3n) is 4.43. The van der Waals surface area contributed by atoms with Gasteiger partial charge < -0.3 is 5.73 Å². The standard InChI is InChI=1S/C17H27FN2/c1-13(19)17(15-9-6-10-16(18)11-15)20(2)12-14-7-4-3-5-8-14/h6,9-11,13-14,17H,3-5,7-8,12,19H2,1-2H3. The van der Waals surface area contributed by atoms with E-state index in [-0.39, 0.29) is 17.9 Å². The molecule has 0 bridgehead atoms. The van der Waals surface area contributed by atoms with Crippen LogP contribution in [-0.4, -0.2) is 24.5 Å². The molecule has 2 rings (SSSR count). The van der Waals surface area contributed by atoms with Crippen LogP contribution < -0.4 is 5.73 Å². The van der Waals surface area contributed by atoms with Crippen molar-refractivity contribution in [3.8, 4) is 0 Å². The fraction of sp³-hybridized carbons (Fsp3) is 0.647. The average molecular weight is 278 g/mol. The van der Waals surface area contributed by atoms with Gasteiger partial charge in [-0.05, 0) is 50.4 Å². The summed E-state index contributed by atoms with van der Waals surface area (Å²) in [6.45, 7) is 3.07. The highest BCUT2D eigenvalue weighted by atomic mass is 19.1. The molecule has 2 atom stereocenters. The lowest BCUT2D eigenvalue weighted by Crippen LogP contribution is -2.40. The maximum Gasteiger partial charge on any atom is 0.123 e. The van der Waals surface area contributed by atoms with Crippen molar-refractivity contribution in [3.05, 3.63) is 35.6 Å². The molecule has 0 aromatic heterocycles. The average Bonchev–Trinajstić information content (AvgIpc) is 2.39. The molecule has 0 amide bonds. The summed E-state index contributed by atoms with van der Waals surface area (Å²) < 4.78 is 13.5. The summed E-state index contributed by atoms with van der Waals surface area (Å²) in [7, 11) is 2.12. The molecule has 0 saturated heterocycles. The van der Waals surface area contributed by atoms with E-state index in [4.69, 9.17) is 5.73 Å². The van der Waals surface area contributed by atoms with E-state index in [1.165, 1.54) is 38.2 Å². The number of rotatable bonds is 5. The van der Waals surface area contributed by atoms with Crippen LogP contribution in [0.5, 0.6) is 0 Å². The van der Waals surface area contributed by atoms with Crippen LogP contribution in [0, 0.1) is 11.7 Å². The Morgan fingerprint density at radius 1 is 1.30 bits per heavy atom. The van der Waals surface area contributed by atoms with Gasteiger partial charge in [0.05, 0.1) is 0 Å². The second-order valence-corrected chi connectivity index (χ2v) is 6.30. The fourth-order valence-electron chi connectivity index (χ4n) is 3.54. The molecule has 1 aliphatic carbocycles. The van der Waals surface area contributed by atoms with Gasteiger partial charge in [-0.25, -0.2) is 4.39 Å². The molecule has 2 unspecified atom stereocenters. The second-order valence-electron chi connectivity index (χ2n) is 6.30. The summed E-state index contributed by atoms with van der Waals surface area (Å²) in [5, 5.41) is 0. The zero-order valence-corrected chi connectivity index (χ0v) is 12.7. The third-order valence-corrected chi connectivity index (χ3v) is 4.43. The van der Waals surface area contributed by atoms with E-state index in [0.29, 0.717) is 0 Å². The summed E-state index contributed by atoms with van der Waals surface area (Å²) in [5.41, 5.74) is 7.15. The molecule has 0 aliphatic heterocycles. The summed E-state index contributed by atoms with van der Waals surface area (Å²) in [5.74, 6) is 0.586. The number of halogens is 1. The molecule has 2 N–H and O–H groups in total. The minimum absolute atomic E-state index is 0.00890. The highest BCUT2D eigenvalue weighted by Crippen LogP contribution is 2.28. The Morgan fingerprint density at radius 3 is 2.60 bits per heavy atom. The van der Waals surface area contributed by atoms with Crippen LogP contribution in [0.3, 0.4) is 0 Å². The Hall–Kier alpha value is -0.930. The molecule has 0 heterocycles. The smallest absolute Gasteiger partial charge is 0.123 e. The van der Waals surface area contributed by atoms with Gasteiger partial charge in [0.25, 0.3) is 0 Å². The van der Waals surface area contributed by atoms with Gasteiger partial charge in [0.15, 0.2) is 0 Å². The van der Waals surface area contributed by atoms with E-state index in [9.17, 15) is 4.39 Å². The lowest BCUT2D eigenvalue weighted by Gasteiger charge is -2.35. The van der Waals surface area contributed by atoms with Crippen LogP contribution in [0.15, 0.2) is 24.3 Å². The van der Waals surface area contributed by atoms with Gasteiger partial charge in [0, 0.05) is 18.6 Å². The van der Waals surface area contributed by atoms with Crippen molar-refractivity contribution in [2.24, 2.45) is 11.7 Å². The van der Waals surface area contributed by atoms with E-state index < -0.39 is 0 Å². The SMILES string of the molecule is CC(N)C(c1cccc(F)c1)N(C)CC1CCCCC1. The largest absolute Gasteiger partial charge is 0.326 e. The van der Waals surface area contributed by atoms with Crippen LogP contribution in [-0.2, 0) is 0 Å². The Labute approximate surface area is 122 Å². The molecule has 1 aromatic rings. The zero-order chi connectivity index (χ0) is 14.5. The molecule has 1 aliphatic rings. The number of likely N-dealkylation sites (N-methyl/N-ethyl adjacent to an activating group) is 1. The first kappa shape index (κ1) is 15.5. The fourth-order valence-corrected chi connectivity index (χ4v) is 3.54. The predicted octanol–water partition coefficient (Wildman–Crippen LogP) is 3.73.